The summed E-state index contributed by atoms with van der Waals surface area (Å²) in [6, 6.07) is 9.71. The number of benzene rings is 1. The Kier molecular flexibility index (Phi) is 7.55. The van der Waals surface area contributed by atoms with Crippen LogP contribution in [0.25, 0.3) is 0 Å². The van der Waals surface area contributed by atoms with Crippen LogP contribution in [0.1, 0.15) is 19.4 Å². The normalized spacial score (nSPS) is 11.0. The van der Waals surface area contributed by atoms with Crippen molar-refractivity contribution in [2.45, 2.75) is 20.3 Å². The van der Waals surface area contributed by atoms with E-state index < -0.39 is 0 Å². The maximum Gasteiger partial charge on any atom is 0.263 e. The molecule has 1 amide bonds. The Morgan fingerprint density at radius 3 is 2.59 bits per heavy atom. The van der Waals surface area contributed by atoms with E-state index in [4.69, 9.17) is 10.00 Å². The molecule has 22 heavy (non-hydrogen) atoms. The number of hydrogen-bond donors (Lipinski definition) is 2. The van der Waals surface area contributed by atoms with Crippen LogP contribution >= 0.6 is 0 Å². The highest BCUT2D eigenvalue weighted by molar-refractivity contribution is 5.97. The van der Waals surface area contributed by atoms with E-state index in [-0.39, 0.29) is 11.5 Å². The lowest BCUT2D eigenvalue weighted by molar-refractivity contribution is -0.117. The molecular weight excluding hydrogens is 278 g/mol. The summed E-state index contributed by atoms with van der Waals surface area (Å²) in [6.45, 7) is 5.21. The second-order valence-electron chi connectivity index (χ2n) is 5.33. The van der Waals surface area contributed by atoms with E-state index >= 15 is 0 Å². The molecule has 0 spiro atoms. The van der Waals surface area contributed by atoms with Crippen molar-refractivity contribution in [1.82, 2.24) is 10.6 Å². The summed E-state index contributed by atoms with van der Waals surface area (Å²) in [6.07, 6.45) is 2.27. The topological polar surface area (TPSA) is 74.1 Å². The zero-order valence-corrected chi connectivity index (χ0v) is 13.3. The van der Waals surface area contributed by atoms with Crippen LogP contribution in [-0.4, -0.2) is 26.1 Å². The van der Waals surface area contributed by atoms with Crippen molar-refractivity contribution in [3.8, 4) is 11.8 Å². The van der Waals surface area contributed by atoms with Crippen LogP contribution < -0.4 is 15.4 Å². The monoisotopic (exact) mass is 301 g/mol. The molecule has 0 radical (unpaired) electrons. The summed E-state index contributed by atoms with van der Waals surface area (Å²) in [7, 11) is 1.63. The van der Waals surface area contributed by atoms with Gasteiger partial charge in [0.2, 0.25) is 0 Å². The number of nitrogens with one attached hydrogen (secondary N) is 2. The second-order valence-corrected chi connectivity index (χ2v) is 5.33. The van der Waals surface area contributed by atoms with Crippen molar-refractivity contribution in [3.05, 3.63) is 41.6 Å². The average Bonchev–Trinajstić information content (AvgIpc) is 2.53. The molecule has 0 aromatic heterocycles. The lowest BCUT2D eigenvalue weighted by Crippen LogP contribution is -2.29. The fourth-order valence-corrected chi connectivity index (χ4v) is 1.72. The molecule has 0 saturated heterocycles. The van der Waals surface area contributed by atoms with Crippen molar-refractivity contribution in [2.24, 2.45) is 5.92 Å². The van der Waals surface area contributed by atoms with E-state index in [2.05, 4.69) is 10.6 Å². The number of carbonyl (C=O) groups excluding carboxylic acids is 1. The number of nitriles is 1. The smallest absolute Gasteiger partial charge is 0.263 e. The SMILES string of the molecule is COc1ccc(CCN/C=C(/C#N)C(=O)NCC(C)C)cc1. The van der Waals surface area contributed by atoms with Gasteiger partial charge < -0.3 is 15.4 Å². The standard InChI is InChI=1S/C17H23N3O2/c1-13(2)11-20-17(21)15(10-18)12-19-9-8-14-4-6-16(22-3)7-5-14/h4-7,12-13,19H,8-9,11H2,1-3H3,(H,20,21)/b15-12-. The maximum absolute atomic E-state index is 11.8. The van der Waals surface area contributed by atoms with E-state index in [1.807, 2.05) is 44.2 Å². The molecule has 1 aromatic carbocycles. The van der Waals surface area contributed by atoms with Crippen molar-refractivity contribution < 1.29 is 9.53 Å². The van der Waals surface area contributed by atoms with Gasteiger partial charge in [0.1, 0.15) is 17.4 Å². The first-order chi connectivity index (χ1) is 10.6. The lowest BCUT2D eigenvalue weighted by Gasteiger charge is -2.07. The first-order valence-electron chi connectivity index (χ1n) is 7.31. The second kappa shape index (κ2) is 9.46. The molecule has 0 heterocycles. The lowest BCUT2D eigenvalue weighted by atomic mass is 10.1. The zero-order valence-electron chi connectivity index (χ0n) is 13.3. The highest BCUT2D eigenvalue weighted by atomic mass is 16.5. The quantitative estimate of drug-likeness (QED) is 0.437. The van der Waals surface area contributed by atoms with Crippen molar-refractivity contribution in [1.29, 1.82) is 5.26 Å². The summed E-state index contributed by atoms with van der Waals surface area (Å²) >= 11 is 0. The van der Waals surface area contributed by atoms with Crippen LogP contribution in [0.2, 0.25) is 0 Å². The minimum Gasteiger partial charge on any atom is -0.497 e. The van der Waals surface area contributed by atoms with Crippen LogP contribution in [0, 0.1) is 17.2 Å². The highest BCUT2D eigenvalue weighted by Crippen LogP contribution is 2.11. The van der Waals surface area contributed by atoms with Gasteiger partial charge >= 0.3 is 0 Å². The molecule has 0 atom stereocenters. The van der Waals surface area contributed by atoms with Crippen molar-refractivity contribution >= 4 is 5.91 Å². The summed E-state index contributed by atoms with van der Waals surface area (Å²) in [5.74, 6) is 0.838. The molecule has 5 nitrogen and oxygen atoms in total. The Morgan fingerprint density at radius 2 is 2.05 bits per heavy atom. The van der Waals surface area contributed by atoms with Gasteiger partial charge in [-0.3, -0.25) is 4.79 Å². The van der Waals surface area contributed by atoms with Crippen LogP contribution in [0.5, 0.6) is 5.75 Å². The van der Waals surface area contributed by atoms with Crippen molar-refractivity contribution in [2.75, 3.05) is 20.2 Å². The first kappa shape index (κ1) is 17.6. The fraction of sp³-hybridized carbons (Fsp3) is 0.412. The van der Waals surface area contributed by atoms with Crippen LogP contribution in [0.4, 0.5) is 0 Å². The van der Waals surface area contributed by atoms with Gasteiger partial charge in [-0.25, -0.2) is 0 Å². The molecule has 0 bridgehead atoms. The molecule has 0 aliphatic carbocycles. The van der Waals surface area contributed by atoms with Crippen LogP contribution in [0.3, 0.4) is 0 Å². The molecule has 0 unspecified atom stereocenters. The largest absolute Gasteiger partial charge is 0.497 e. The summed E-state index contributed by atoms with van der Waals surface area (Å²) in [5.41, 5.74) is 1.25. The third-order valence-corrected chi connectivity index (χ3v) is 3.00. The zero-order chi connectivity index (χ0) is 16.4. The number of rotatable bonds is 8. The van der Waals surface area contributed by atoms with E-state index in [9.17, 15) is 4.79 Å². The molecule has 1 rings (SSSR count). The third-order valence-electron chi connectivity index (χ3n) is 3.00. The maximum atomic E-state index is 11.8. The number of amides is 1. The Labute approximate surface area is 132 Å². The van der Waals surface area contributed by atoms with Gasteiger partial charge in [0.25, 0.3) is 5.91 Å². The molecule has 2 N–H and O–H groups in total. The minimum absolute atomic E-state index is 0.0929. The van der Waals surface area contributed by atoms with Crippen LogP contribution in [0.15, 0.2) is 36.0 Å². The van der Waals surface area contributed by atoms with Crippen LogP contribution in [-0.2, 0) is 11.2 Å². The molecule has 118 valence electrons. The fourth-order valence-electron chi connectivity index (χ4n) is 1.72. The molecule has 5 heteroatoms. The van der Waals surface area contributed by atoms with Gasteiger partial charge in [-0.2, -0.15) is 5.26 Å². The molecule has 0 fully saturated rings. The predicted molar refractivity (Wildman–Crippen MR) is 86.2 cm³/mol. The highest BCUT2D eigenvalue weighted by Gasteiger charge is 2.08. The summed E-state index contributed by atoms with van der Waals surface area (Å²) in [4.78, 5) is 11.8. The average molecular weight is 301 g/mol. The van der Waals surface area contributed by atoms with Gasteiger partial charge in [-0.15, -0.1) is 0 Å². The van der Waals surface area contributed by atoms with Gasteiger partial charge in [-0.1, -0.05) is 26.0 Å². The van der Waals surface area contributed by atoms with Gasteiger partial charge in [0.05, 0.1) is 7.11 Å². The first-order valence-corrected chi connectivity index (χ1v) is 7.31. The van der Waals surface area contributed by atoms with E-state index in [0.717, 1.165) is 17.7 Å². The molecule has 0 saturated carbocycles. The minimum atomic E-state index is -0.340. The molecule has 0 aliphatic rings. The Bertz CT molecular complexity index is 542. The Hall–Kier alpha value is -2.48. The Morgan fingerprint density at radius 1 is 1.36 bits per heavy atom. The van der Waals surface area contributed by atoms with E-state index in [0.29, 0.717) is 19.0 Å². The summed E-state index contributed by atoms with van der Waals surface area (Å²) < 4.78 is 5.10. The van der Waals surface area contributed by atoms with E-state index in [1.54, 1.807) is 7.11 Å². The number of methoxy groups -OCH3 is 1. The number of carbonyl (C=O) groups is 1. The Balaban J connectivity index is 2.41. The number of nitrogens with zero attached hydrogens (tertiary/aromatic N) is 1. The number of ether oxygens (including phenoxy) is 1. The van der Waals surface area contributed by atoms with Gasteiger partial charge in [-0.05, 0) is 30.0 Å². The molecular formula is C17H23N3O2. The predicted octanol–water partition coefficient (Wildman–Crippen LogP) is 2.01. The van der Waals surface area contributed by atoms with E-state index in [1.165, 1.54) is 6.20 Å². The van der Waals surface area contributed by atoms with Crippen molar-refractivity contribution in [3.63, 3.8) is 0 Å². The van der Waals surface area contributed by atoms with Gasteiger partial charge in [0.15, 0.2) is 0 Å². The number of hydrogen-bond acceptors (Lipinski definition) is 4. The summed E-state index contributed by atoms with van der Waals surface area (Å²) in [5, 5.41) is 14.7. The van der Waals surface area contributed by atoms with Gasteiger partial charge in [0, 0.05) is 19.3 Å². The third kappa shape index (κ3) is 6.31. The molecule has 0 aliphatic heterocycles. The molecule has 1 aromatic rings.